The second kappa shape index (κ2) is 6.32. The molecule has 0 aliphatic carbocycles. The molecule has 0 radical (unpaired) electrons. The molecule has 24 heavy (non-hydrogen) atoms. The van der Waals surface area contributed by atoms with Crippen molar-refractivity contribution in [3.05, 3.63) is 69.1 Å². The average Bonchev–Trinajstić information content (AvgIpc) is 2.56. The van der Waals surface area contributed by atoms with Gasteiger partial charge in [-0.05, 0) is 35.9 Å². The fourth-order valence-electron chi connectivity index (χ4n) is 2.44. The lowest BCUT2D eigenvalue weighted by Crippen LogP contribution is -2.36. The van der Waals surface area contributed by atoms with Crippen LogP contribution in [0.3, 0.4) is 0 Å². The Labute approximate surface area is 146 Å². The van der Waals surface area contributed by atoms with E-state index in [1.54, 1.807) is 31.3 Å². The summed E-state index contributed by atoms with van der Waals surface area (Å²) in [6.07, 6.45) is 1.51. The van der Waals surface area contributed by atoms with Gasteiger partial charge in [-0.1, -0.05) is 23.7 Å². The molecule has 7 heteroatoms. The number of carboxylic acid groups (broad SMARTS) is 1. The number of halogens is 1. The van der Waals surface area contributed by atoms with Gasteiger partial charge in [-0.25, -0.2) is 4.79 Å². The van der Waals surface area contributed by atoms with E-state index in [0.717, 1.165) is 0 Å². The molecule has 0 aromatic heterocycles. The molecular weight excluding hydrogens is 350 g/mol. The molecule has 2 aromatic rings. The van der Waals surface area contributed by atoms with E-state index in [1.807, 2.05) is 0 Å². The molecule has 0 spiro atoms. The first-order chi connectivity index (χ1) is 11.4. The topological polar surface area (TPSA) is 80.7 Å². The first-order valence-electron chi connectivity index (χ1n) is 6.93. The predicted molar refractivity (Wildman–Crippen MR) is 93.7 cm³/mol. The highest BCUT2D eigenvalue weighted by Gasteiger charge is 2.38. The van der Waals surface area contributed by atoms with Crippen molar-refractivity contribution in [2.75, 3.05) is 11.4 Å². The number of ketones is 1. The van der Waals surface area contributed by atoms with Crippen LogP contribution in [0.2, 0.25) is 5.02 Å². The van der Waals surface area contributed by atoms with Gasteiger partial charge >= 0.3 is 5.97 Å². The maximum atomic E-state index is 12.7. The second-order valence-electron chi connectivity index (χ2n) is 5.18. The maximum absolute atomic E-state index is 12.7. The first-order valence-corrected chi connectivity index (χ1v) is 8.42. The Hall–Kier alpha value is -2.28. The van der Waals surface area contributed by atoms with Crippen LogP contribution in [-0.4, -0.2) is 28.5 Å². The zero-order chi connectivity index (χ0) is 17.4. The Bertz CT molecular complexity index is 881. The summed E-state index contributed by atoms with van der Waals surface area (Å²) in [5.41, 5.74) is 1.30. The normalized spacial score (nSPS) is 18.6. The van der Waals surface area contributed by atoms with Crippen LogP contribution in [0.25, 0.3) is 6.08 Å². The van der Waals surface area contributed by atoms with Crippen LogP contribution in [0, 0.1) is 0 Å². The van der Waals surface area contributed by atoms with Crippen LogP contribution in [0.15, 0.2) is 47.4 Å². The van der Waals surface area contributed by atoms with Crippen molar-refractivity contribution in [2.45, 2.75) is 0 Å². The van der Waals surface area contributed by atoms with Crippen LogP contribution in [0.4, 0.5) is 5.69 Å². The van der Waals surface area contributed by atoms with Crippen molar-refractivity contribution in [2.24, 2.45) is 0 Å². The number of hydrogen-bond donors (Lipinski definition) is 1. The summed E-state index contributed by atoms with van der Waals surface area (Å²) in [6.45, 7) is 0. The van der Waals surface area contributed by atoms with E-state index < -0.39 is 23.1 Å². The van der Waals surface area contributed by atoms with Crippen LogP contribution >= 0.6 is 11.6 Å². The molecule has 2 aromatic carbocycles. The third kappa shape index (κ3) is 2.91. The Morgan fingerprint density at radius 1 is 1.29 bits per heavy atom. The Morgan fingerprint density at radius 2 is 2.04 bits per heavy atom. The van der Waals surface area contributed by atoms with Gasteiger partial charge in [0.1, 0.15) is 11.4 Å². The highest BCUT2D eigenvalue weighted by atomic mass is 35.5. The lowest BCUT2D eigenvalue weighted by Gasteiger charge is -2.29. The van der Waals surface area contributed by atoms with Crippen LogP contribution in [0.5, 0.6) is 0 Å². The standard InChI is InChI=1S/C17H12ClNO4S/c1-19-14-6-5-11(17(21)22)9-13(14)16(20)15(24(19)23)8-10-3-2-4-12(18)7-10/h2-9H,1H3,(H,21,22)/b15-8+. The SMILES string of the molecule is CN1c2ccc(C(=O)O)cc2C(=O)/C(=C\c2cccc(Cl)c2)[S+]1[O-]. The summed E-state index contributed by atoms with van der Waals surface area (Å²) in [5.74, 6) is -1.58. The van der Waals surface area contributed by atoms with Gasteiger partial charge in [0.25, 0.3) is 0 Å². The molecule has 0 fully saturated rings. The van der Waals surface area contributed by atoms with Crippen molar-refractivity contribution in [1.29, 1.82) is 0 Å². The van der Waals surface area contributed by atoms with Gasteiger partial charge in [-0.15, -0.1) is 0 Å². The summed E-state index contributed by atoms with van der Waals surface area (Å²) in [5, 5.41) is 9.61. The number of allylic oxidation sites excluding steroid dienone is 1. The van der Waals surface area contributed by atoms with Crippen molar-refractivity contribution in [3.8, 4) is 0 Å². The average molecular weight is 362 g/mol. The first kappa shape index (κ1) is 16.6. The number of carbonyl (C=O) groups excluding carboxylic acids is 1. The molecule has 1 N–H and O–H groups in total. The Balaban J connectivity index is 2.12. The summed E-state index contributed by atoms with van der Waals surface area (Å²) in [6, 6.07) is 11.0. The number of anilines is 1. The second-order valence-corrected chi connectivity index (χ2v) is 7.10. The monoisotopic (exact) mass is 361 g/mol. The maximum Gasteiger partial charge on any atom is 0.335 e. The molecule has 1 heterocycles. The van der Waals surface area contributed by atoms with E-state index >= 15 is 0 Å². The quantitative estimate of drug-likeness (QED) is 0.655. The number of rotatable bonds is 2. The molecule has 5 nitrogen and oxygen atoms in total. The number of Topliss-reactive ketones (excluding diaryl/α,β-unsaturated/α-hetero) is 1. The molecule has 0 saturated carbocycles. The minimum Gasteiger partial charge on any atom is -0.588 e. The smallest absolute Gasteiger partial charge is 0.335 e. The Morgan fingerprint density at radius 3 is 2.71 bits per heavy atom. The number of carbonyl (C=O) groups is 2. The molecule has 122 valence electrons. The number of nitrogens with zero attached hydrogens (tertiary/aromatic N) is 1. The molecule has 1 aliphatic rings. The van der Waals surface area contributed by atoms with Crippen LogP contribution in [0.1, 0.15) is 26.3 Å². The number of benzene rings is 2. The largest absolute Gasteiger partial charge is 0.588 e. The number of aromatic carboxylic acids is 1. The van der Waals surface area contributed by atoms with E-state index in [-0.39, 0.29) is 16.0 Å². The summed E-state index contributed by atoms with van der Waals surface area (Å²) < 4.78 is 14.0. The fraction of sp³-hybridized carbons (Fsp3) is 0.0588. The number of carboxylic acids is 1. The highest BCUT2D eigenvalue weighted by Crippen LogP contribution is 2.35. The van der Waals surface area contributed by atoms with Gasteiger partial charge in [0.05, 0.1) is 23.9 Å². The van der Waals surface area contributed by atoms with Crippen molar-refractivity contribution in [1.82, 2.24) is 0 Å². The van der Waals surface area contributed by atoms with Gasteiger partial charge in [-0.2, -0.15) is 4.31 Å². The van der Waals surface area contributed by atoms with Gasteiger partial charge in [0, 0.05) is 11.1 Å². The molecule has 0 bridgehead atoms. The van der Waals surface area contributed by atoms with Gasteiger partial charge in [0.15, 0.2) is 0 Å². The van der Waals surface area contributed by atoms with Crippen LogP contribution < -0.4 is 4.31 Å². The zero-order valence-electron chi connectivity index (χ0n) is 12.5. The minimum absolute atomic E-state index is 0.00490. The minimum atomic E-state index is -1.68. The fourth-order valence-corrected chi connectivity index (χ4v) is 3.78. The van der Waals surface area contributed by atoms with E-state index in [0.29, 0.717) is 16.3 Å². The number of hydrogen-bond acceptors (Lipinski definition) is 4. The summed E-state index contributed by atoms with van der Waals surface area (Å²) in [7, 11) is 1.59. The predicted octanol–water partition coefficient (Wildman–Crippen LogP) is 3.38. The third-order valence-corrected chi connectivity index (χ3v) is 5.24. The molecule has 3 rings (SSSR count). The third-order valence-electron chi connectivity index (χ3n) is 3.63. The van der Waals surface area contributed by atoms with Gasteiger partial charge in [0.2, 0.25) is 10.7 Å². The molecule has 1 aliphatic heterocycles. The van der Waals surface area contributed by atoms with Gasteiger partial charge < -0.3 is 9.66 Å². The van der Waals surface area contributed by atoms with Crippen molar-refractivity contribution in [3.63, 3.8) is 0 Å². The molecule has 0 saturated heterocycles. The van der Waals surface area contributed by atoms with Crippen molar-refractivity contribution >= 4 is 46.5 Å². The summed E-state index contributed by atoms with van der Waals surface area (Å²) in [4.78, 5) is 23.9. The van der Waals surface area contributed by atoms with E-state index in [9.17, 15) is 14.1 Å². The number of fused-ring (bicyclic) bond motifs is 1. The molecule has 1 atom stereocenters. The van der Waals surface area contributed by atoms with Crippen molar-refractivity contribution < 1.29 is 19.2 Å². The molecule has 0 amide bonds. The Kier molecular flexibility index (Phi) is 4.36. The molecule has 1 unspecified atom stereocenters. The van der Waals surface area contributed by atoms with Gasteiger partial charge in [-0.3, -0.25) is 4.79 Å². The highest BCUT2D eigenvalue weighted by molar-refractivity contribution is 7.97. The summed E-state index contributed by atoms with van der Waals surface area (Å²) >= 11 is 4.25. The lowest BCUT2D eigenvalue weighted by atomic mass is 10.0. The van der Waals surface area contributed by atoms with E-state index in [1.165, 1.54) is 28.6 Å². The van der Waals surface area contributed by atoms with E-state index in [4.69, 9.17) is 16.7 Å². The van der Waals surface area contributed by atoms with E-state index in [2.05, 4.69) is 0 Å². The lowest BCUT2D eigenvalue weighted by molar-refractivity contribution is 0.0697. The molecular formula is C17H12ClNO4S. The van der Waals surface area contributed by atoms with Crippen LogP contribution in [-0.2, 0) is 11.4 Å². The zero-order valence-corrected chi connectivity index (χ0v) is 14.1.